The molecule has 1 aromatic heterocycles. The van der Waals surface area contributed by atoms with E-state index in [4.69, 9.17) is 6.57 Å². The molecular formula is C81H49BF3N5. The molecule has 0 N–H and O–H groups in total. The van der Waals surface area contributed by atoms with Gasteiger partial charge in [-0.25, -0.2) is 4.85 Å². The largest absolute Gasteiger partial charge is 0.416 e. The molecule has 13 aromatic carbocycles. The molecule has 14 aromatic rings. The minimum absolute atomic E-state index is 0.103. The van der Waals surface area contributed by atoms with Crippen LogP contribution >= 0.6 is 0 Å². The summed E-state index contributed by atoms with van der Waals surface area (Å²) in [6, 6.07) is 103. The lowest BCUT2D eigenvalue weighted by Crippen LogP contribution is -2.61. The summed E-state index contributed by atoms with van der Waals surface area (Å²) in [5, 5.41) is 12.2. The van der Waals surface area contributed by atoms with E-state index in [1.54, 1.807) is 12.1 Å². The third-order valence-corrected chi connectivity index (χ3v) is 17.9. The Morgan fingerprint density at radius 2 is 0.811 bits per heavy atom. The molecule has 0 saturated carbocycles. The first-order chi connectivity index (χ1) is 44.2. The second-order valence-electron chi connectivity index (χ2n) is 22.9. The van der Waals surface area contributed by atoms with Crippen LogP contribution in [0.1, 0.15) is 11.1 Å². The third kappa shape index (κ3) is 9.02. The standard InChI is InChI=1S/C81H49BF3N5/c1-87-64-34-39-67(62(44-64)51-86)70-50-63(81(83,84)85)33-43-75(70)90-73-25-15-14-24-68(73)69-45-58(30-40-74(69)90)61-48-78-80-79(49-61)89(66-37-28-57(29-38-66)53-18-8-3-9-19-53)77-42-32-60(55-22-12-5-13-23-55)47-72(77)82(80)71-46-59(54-20-10-4-11-21-54)31-41-76(71)88(78)65-35-26-56(27-36-65)52-16-6-2-7-17-52/h2-50H. The molecule has 0 bridgehead atoms. The maximum atomic E-state index is 14.7. The second kappa shape index (κ2) is 21.5. The zero-order valence-corrected chi connectivity index (χ0v) is 48.2. The molecule has 90 heavy (non-hydrogen) atoms. The Morgan fingerprint density at radius 1 is 0.367 bits per heavy atom. The molecular weight excluding hydrogens is 1110 g/mol. The van der Waals surface area contributed by atoms with Gasteiger partial charge in [-0.15, -0.1) is 0 Å². The Balaban J connectivity index is 0.965. The molecule has 0 unspecified atom stereocenters. The number of fused-ring (bicyclic) bond motifs is 7. The zero-order chi connectivity index (χ0) is 60.6. The molecule has 3 heterocycles. The summed E-state index contributed by atoms with van der Waals surface area (Å²) in [6.07, 6.45) is -4.66. The zero-order valence-electron chi connectivity index (χ0n) is 48.2. The first kappa shape index (κ1) is 53.6. The number of benzene rings is 13. The second-order valence-corrected chi connectivity index (χ2v) is 22.9. The molecule has 0 radical (unpaired) electrons. The van der Waals surface area contributed by atoms with Crippen molar-refractivity contribution in [2.75, 3.05) is 9.80 Å². The van der Waals surface area contributed by atoms with E-state index in [-0.39, 0.29) is 23.5 Å². The van der Waals surface area contributed by atoms with Crippen molar-refractivity contribution < 1.29 is 13.2 Å². The first-order valence-electron chi connectivity index (χ1n) is 29.8. The van der Waals surface area contributed by atoms with Crippen LogP contribution in [0.3, 0.4) is 0 Å². The van der Waals surface area contributed by atoms with Crippen molar-refractivity contribution in [3.05, 3.63) is 320 Å². The average Bonchev–Trinajstić information content (AvgIpc) is 0.758. The van der Waals surface area contributed by atoms with Crippen molar-refractivity contribution in [2.24, 2.45) is 0 Å². The number of rotatable bonds is 9. The minimum Gasteiger partial charge on any atom is -0.311 e. The lowest BCUT2D eigenvalue weighted by atomic mass is 9.33. The van der Waals surface area contributed by atoms with Crippen LogP contribution in [0.25, 0.3) is 99.1 Å². The predicted molar refractivity (Wildman–Crippen MR) is 363 cm³/mol. The van der Waals surface area contributed by atoms with Crippen molar-refractivity contribution in [3.63, 3.8) is 0 Å². The van der Waals surface area contributed by atoms with Crippen LogP contribution in [0, 0.1) is 17.9 Å². The van der Waals surface area contributed by atoms with Crippen molar-refractivity contribution in [1.82, 2.24) is 4.57 Å². The van der Waals surface area contributed by atoms with E-state index in [0.717, 1.165) is 129 Å². The van der Waals surface area contributed by atoms with Crippen LogP contribution in [0.5, 0.6) is 0 Å². The molecule has 0 spiro atoms. The number of nitrogens with zero attached hydrogens (tertiary/aromatic N) is 5. The number of nitriles is 1. The minimum atomic E-state index is -4.66. The van der Waals surface area contributed by atoms with E-state index in [2.05, 4.69) is 251 Å². The molecule has 0 aliphatic carbocycles. The van der Waals surface area contributed by atoms with Gasteiger partial charge in [-0.05, 0) is 169 Å². The van der Waals surface area contributed by atoms with Crippen LogP contribution in [-0.4, -0.2) is 11.3 Å². The SMILES string of the molecule is [C-]#[N+]c1ccc(-c2cc(C(F)(F)F)ccc2-n2c3ccccc3c3cc(-c4cc5c6c(c4)N(c4ccc(-c7ccccc7)cc4)c4ccc(-c7ccccc7)cc4B6c4cc(-c6ccccc6)ccc4N5c4ccc(-c5ccccc5)cc4)ccc32)c(C#N)c1. The lowest BCUT2D eigenvalue weighted by Gasteiger charge is -2.44. The highest BCUT2D eigenvalue weighted by Gasteiger charge is 2.44. The van der Waals surface area contributed by atoms with E-state index >= 15 is 0 Å². The van der Waals surface area contributed by atoms with E-state index in [1.807, 2.05) is 34.9 Å². The van der Waals surface area contributed by atoms with Gasteiger partial charge in [0.15, 0.2) is 5.69 Å². The number of anilines is 6. The van der Waals surface area contributed by atoms with Crippen molar-refractivity contribution >= 4 is 84.7 Å². The van der Waals surface area contributed by atoms with Crippen LogP contribution in [0.15, 0.2) is 297 Å². The van der Waals surface area contributed by atoms with Gasteiger partial charge in [-0.1, -0.05) is 206 Å². The van der Waals surface area contributed by atoms with Crippen molar-refractivity contribution in [1.29, 1.82) is 5.26 Å². The molecule has 5 nitrogen and oxygen atoms in total. The van der Waals surface area contributed by atoms with Crippen LogP contribution in [-0.2, 0) is 6.18 Å². The van der Waals surface area contributed by atoms with E-state index in [9.17, 15) is 18.4 Å². The van der Waals surface area contributed by atoms with Gasteiger partial charge in [0, 0.05) is 56.0 Å². The Labute approximate surface area is 519 Å². The van der Waals surface area contributed by atoms with Gasteiger partial charge in [0.25, 0.3) is 6.71 Å². The number of hydrogen-bond donors (Lipinski definition) is 0. The van der Waals surface area contributed by atoms with Gasteiger partial charge in [0.1, 0.15) is 0 Å². The Bertz CT molecular complexity index is 5050. The molecule has 0 amide bonds. The van der Waals surface area contributed by atoms with E-state index in [0.29, 0.717) is 11.3 Å². The fourth-order valence-electron chi connectivity index (χ4n) is 13.7. The van der Waals surface area contributed by atoms with Crippen LogP contribution in [0.2, 0.25) is 0 Å². The van der Waals surface area contributed by atoms with Gasteiger partial charge in [-0.3, -0.25) is 0 Å². The molecule has 9 heteroatoms. The fraction of sp³-hybridized carbons (Fsp3) is 0.0123. The van der Waals surface area contributed by atoms with Gasteiger partial charge >= 0.3 is 6.18 Å². The first-order valence-corrected chi connectivity index (χ1v) is 29.8. The third-order valence-electron chi connectivity index (χ3n) is 17.9. The number of para-hydroxylation sites is 1. The highest BCUT2D eigenvalue weighted by molar-refractivity contribution is 7.00. The summed E-state index contributed by atoms with van der Waals surface area (Å²) in [7, 11) is 0. The monoisotopic (exact) mass is 1160 g/mol. The smallest absolute Gasteiger partial charge is 0.311 e. The Kier molecular flexibility index (Phi) is 12.8. The summed E-state index contributed by atoms with van der Waals surface area (Å²) in [5.74, 6) is 0. The lowest BCUT2D eigenvalue weighted by molar-refractivity contribution is -0.137. The van der Waals surface area contributed by atoms with Gasteiger partial charge in [0.05, 0.1) is 34.9 Å². The Morgan fingerprint density at radius 3 is 1.32 bits per heavy atom. The van der Waals surface area contributed by atoms with Crippen LogP contribution < -0.4 is 26.2 Å². The highest BCUT2D eigenvalue weighted by atomic mass is 19.4. The van der Waals surface area contributed by atoms with E-state index in [1.165, 1.54) is 23.1 Å². The normalized spacial score (nSPS) is 12.3. The fourth-order valence-corrected chi connectivity index (χ4v) is 13.7. The number of halogens is 3. The summed E-state index contributed by atoms with van der Waals surface area (Å²) in [4.78, 5) is 8.40. The maximum Gasteiger partial charge on any atom is 0.416 e. The highest BCUT2D eigenvalue weighted by Crippen LogP contribution is 2.49. The van der Waals surface area contributed by atoms with Gasteiger partial charge in [0.2, 0.25) is 0 Å². The summed E-state index contributed by atoms with van der Waals surface area (Å²) in [6.45, 7) is 7.43. The summed E-state index contributed by atoms with van der Waals surface area (Å²) >= 11 is 0. The van der Waals surface area contributed by atoms with Gasteiger partial charge < -0.3 is 14.4 Å². The molecule has 0 saturated heterocycles. The predicted octanol–water partition coefficient (Wildman–Crippen LogP) is 20.3. The molecule has 0 atom stereocenters. The Hall–Kier alpha value is -11.9. The molecule has 16 rings (SSSR count). The van der Waals surface area contributed by atoms with Crippen LogP contribution in [0.4, 0.5) is 53.0 Å². The molecule has 0 fully saturated rings. The van der Waals surface area contributed by atoms with Crippen molar-refractivity contribution in [3.8, 4) is 78.5 Å². The van der Waals surface area contributed by atoms with Crippen molar-refractivity contribution in [2.45, 2.75) is 6.18 Å². The maximum absolute atomic E-state index is 14.7. The topological polar surface area (TPSA) is 39.6 Å². The number of aromatic nitrogens is 1. The number of hydrogen-bond acceptors (Lipinski definition) is 3. The summed E-state index contributed by atoms with van der Waals surface area (Å²) < 4.78 is 46.2. The molecule has 422 valence electrons. The molecule has 2 aliphatic heterocycles. The number of alkyl halides is 3. The van der Waals surface area contributed by atoms with Gasteiger partial charge in [-0.2, -0.15) is 18.4 Å². The average molecular weight is 1160 g/mol. The quantitative estimate of drug-likeness (QED) is 0.107. The summed E-state index contributed by atoms with van der Waals surface area (Å²) in [5.41, 5.74) is 22.5. The molecule has 2 aliphatic rings. The van der Waals surface area contributed by atoms with E-state index < -0.39 is 11.7 Å².